The maximum Gasteiger partial charge on any atom is 0.264 e. The number of aliphatic imine (C=N–C) groups is 1. The summed E-state index contributed by atoms with van der Waals surface area (Å²) in [5, 5.41) is 3.51. The van der Waals surface area contributed by atoms with E-state index in [2.05, 4.69) is 88.6 Å². The summed E-state index contributed by atoms with van der Waals surface area (Å²) in [7, 11) is 0. The number of nitrogens with one attached hydrogen (secondary N) is 1. The lowest BCUT2D eigenvalue weighted by Gasteiger charge is -2.11. The van der Waals surface area contributed by atoms with Gasteiger partial charge in [0, 0.05) is 20.6 Å². The van der Waals surface area contributed by atoms with E-state index in [0.29, 0.717) is 10.1 Å². The molecule has 1 fully saturated rings. The Kier molecular flexibility index (Phi) is 6.12. The number of aryl methyl sites for hydroxylation is 4. The van der Waals surface area contributed by atoms with Crippen molar-refractivity contribution in [2.45, 2.75) is 34.6 Å². The van der Waals surface area contributed by atoms with E-state index in [9.17, 15) is 4.79 Å². The van der Waals surface area contributed by atoms with Crippen LogP contribution < -0.4 is 5.32 Å². The molecule has 4 nitrogen and oxygen atoms in total. The molecule has 31 heavy (non-hydrogen) atoms. The molecule has 2 heterocycles. The van der Waals surface area contributed by atoms with Crippen molar-refractivity contribution in [3.8, 4) is 5.69 Å². The fourth-order valence-corrected chi connectivity index (χ4v) is 5.02. The summed E-state index contributed by atoms with van der Waals surface area (Å²) in [5.74, 6) is -0.108. The van der Waals surface area contributed by atoms with E-state index < -0.39 is 0 Å². The first-order chi connectivity index (χ1) is 14.7. The number of hydrogen-bond acceptors (Lipinski definition) is 3. The van der Waals surface area contributed by atoms with Crippen LogP contribution in [-0.2, 0) is 4.79 Å². The van der Waals surface area contributed by atoms with Crippen LogP contribution in [0.15, 0.2) is 52.4 Å². The van der Waals surface area contributed by atoms with Crippen LogP contribution in [-0.4, -0.2) is 15.6 Å². The number of carbonyl (C=O) groups excluding carboxylic acids is 1. The third-order valence-electron chi connectivity index (χ3n) is 5.24. The van der Waals surface area contributed by atoms with E-state index in [1.807, 2.05) is 32.1 Å². The van der Waals surface area contributed by atoms with Crippen molar-refractivity contribution in [2.24, 2.45) is 4.99 Å². The molecule has 0 aliphatic carbocycles. The Labute approximate surface area is 201 Å². The summed E-state index contributed by atoms with van der Waals surface area (Å²) in [6.45, 7) is 10.4. The minimum atomic E-state index is -0.108. The van der Waals surface area contributed by atoms with Gasteiger partial charge in [-0.25, -0.2) is 4.99 Å². The highest BCUT2D eigenvalue weighted by molar-refractivity contribution is 14.1. The maximum atomic E-state index is 12.6. The largest absolute Gasteiger partial charge is 0.318 e. The zero-order chi connectivity index (χ0) is 22.3. The monoisotopic (exact) mass is 541 g/mol. The highest BCUT2D eigenvalue weighted by Crippen LogP contribution is 2.31. The Morgan fingerprint density at radius 3 is 2.39 bits per heavy atom. The topological polar surface area (TPSA) is 46.4 Å². The molecule has 1 aliphatic heterocycles. The molecule has 0 atom stereocenters. The number of halogens is 1. The molecular formula is C25H24IN3OS. The Hall–Kier alpha value is -2.32. The first-order valence-corrected chi connectivity index (χ1v) is 11.9. The number of hydrogen-bond donors (Lipinski definition) is 1. The second-order valence-electron chi connectivity index (χ2n) is 7.92. The van der Waals surface area contributed by atoms with Crippen LogP contribution in [0.25, 0.3) is 11.8 Å². The van der Waals surface area contributed by atoms with Crippen LogP contribution in [0.3, 0.4) is 0 Å². The number of rotatable bonds is 3. The number of amidine groups is 1. The molecule has 0 saturated carbocycles. The molecule has 1 amide bonds. The van der Waals surface area contributed by atoms with Gasteiger partial charge in [-0.3, -0.25) is 4.79 Å². The number of nitrogens with zero attached hydrogens (tertiary/aromatic N) is 2. The van der Waals surface area contributed by atoms with Gasteiger partial charge in [0.1, 0.15) is 0 Å². The first kappa shape index (κ1) is 21.9. The van der Waals surface area contributed by atoms with E-state index in [1.165, 1.54) is 20.9 Å². The molecule has 3 aromatic rings. The number of amides is 1. The third kappa shape index (κ3) is 4.65. The molecule has 0 radical (unpaired) electrons. The molecule has 1 aliphatic rings. The average molecular weight is 541 g/mol. The first-order valence-electron chi connectivity index (χ1n) is 10.0. The van der Waals surface area contributed by atoms with Gasteiger partial charge in [0.25, 0.3) is 5.91 Å². The van der Waals surface area contributed by atoms with Gasteiger partial charge in [0.2, 0.25) is 0 Å². The molecule has 4 rings (SSSR count). The summed E-state index contributed by atoms with van der Waals surface area (Å²) in [6.07, 6.45) is 1.96. The summed E-state index contributed by atoms with van der Waals surface area (Å²) in [5.41, 5.74) is 8.84. The molecule has 1 saturated heterocycles. The highest BCUT2D eigenvalue weighted by Gasteiger charge is 2.24. The molecule has 158 valence electrons. The van der Waals surface area contributed by atoms with Crippen molar-refractivity contribution in [2.75, 3.05) is 0 Å². The Morgan fingerprint density at radius 1 is 1.00 bits per heavy atom. The molecular weight excluding hydrogens is 517 g/mol. The lowest BCUT2D eigenvalue weighted by molar-refractivity contribution is -0.115. The smallest absolute Gasteiger partial charge is 0.264 e. The van der Waals surface area contributed by atoms with Crippen LogP contribution in [0.4, 0.5) is 5.69 Å². The van der Waals surface area contributed by atoms with Gasteiger partial charge in [0.05, 0.1) is 10.6 Å². The summed E-state index contributed by atoms with van der Waals surface area (Å²) >= 11 is 3.74. The van der Waals surface area contributed by atoms with E-state index in [0.717, 1.165) is 39.5 Å². The summed E-state index contributed by atoms with van der Waals surface area (Å²) in [4.78, 5) is 17.9. The Morgan fingerprint density at radius 2 is 1.71 bits per heavy atom. The minimum Gasteiger partial charge on any atom is -0.318 e. The lowest BCUT2D eigenvalue weighted by Crippen LogP contribution is -2.19. The van der Waals surface area contributed by atoms with Crippen molar-refractivity contribution in [1.82, 2.24) is 9.88 Å². The van der Waals surface area contributed by atoms with Crippen LogP contribution in [0.1, 0.15) is 33.6 Å². The Bertz CT molecular complexity index is 1250. The van der Waals surface area contributed by atoms with E-state index in [4.69, 9.17) is 0 Å². The zero-order valence-electron chi connectivity index (χ0n) is 18.2. The second-order valence-corrected chi connectivity index (χ2v) is 10.1. The molecule has 0 bridgehead atoms. The molecule has 0 spiro atoms. The molecule has 2 aromatic carbocycles. The van der Waals surface area contributed by atoms with Gasteiger partial charge in [-0.05, 0) is 134 Å². The van der Waals surface area contributed by atoms with Gasteiger partial charge in [-0.1, -0.05) is 6.07 Å². The quantitative estimate of drug-likeness (QED) is 0.303. The number of carbonyl (C=O) groups is 1. The predicted octanol–water partition coefficient (Wildman–Crippen LogP) is 6.52. The normalized spacial score (nSPS) is 16.4. The van der Waals surface area contributed by atoms with Gasteiger partial charge < -0.3 is 9.88 Å². The summed E-state index contributed by atoms with van der Waals surface area (Å²) in [6, 6.07) is 14.7. The summed E-state index contributed by atoms with van der Waals surface area (Å²) < 4.78 is 3.48. The zero-order valence-corrected chi connectivity index (χ0v) is 21.2. The SMILES string of the molecule is Cc1cc(C)cc(N=C2NC(=O)/C(=C\c3cc(C)n(-c4ccc(I)c(C)c4)c3C)S2)c1. The van der Waals surface area contributed by atoms with Gasteiger partial charge in [-0.15, -0.1) is 0 Å². The van der Waals surface area contributed by atoms with E-state index in [1.54, 1.807) is 0 Å². The van der Waals surface area contributed by atoms with Gasteiger partial charge in [0.15, 0.2) is 5.17 Å². The van der Waals surface area contributed by atoms with Crippen LogP contribution in [0.5, 0.6) is 0 Å². The fourth-order valence-electron chi connectivity index (χ4n) is 3.85. The average Bonchev–Trinajstić information content (AvgIpc) is 3.15. The van der Waals surface area contributed by atoms with Gasteiger partial charge in [-0.2, -0.15) is 0 Å². The predicted molar refractivity (Wildman–Crippen MR) is 139 cm³/mol. The maximum absolute atomic E-state index is 12.6. The van der Waals surface area contributed by atoms with Crippen molar-refractivity contribution < 1.29 is 4.79 Å². The number of aromatic nitrogens is 1. The third-order valence-corrected chi connectivity index (χ3v) is 7.36. The van der Waals surface area contributed by atoms with Crippen LogP contribution in [0, 0.1) is 38.2 Å². The lowest BCUT2D eigenvalue weighted by atomic mass is 10.1. The van der Waals surface area contributed by atoms with Crippen molar-refractivity contribution in [3.63, 3.8) is 0 Å². The molecule has 1 aromatic heterocycles. The molecule has 6 heteroatoms. The van der Waals surface area contributed by atoms with Crippen LogP contribution in [0.2, 0.25) is 0 Å². The standard InChI is InChI=1S/C25H24IN3OS/c1-14-8-15(2)10-20(9-14)27-25-28-24(30)23(31-25)13-19-12-17(4)29(18(19)5)21-6-7-22(26)16(3)11-21/h6-13H,1-5H3,(H,27,28,30)/b23-13+. The Balaban J connectivity index is 1.65. The minimum absolute atomic E-state index is 0.108. The van der Waals surface area contributed by atoms with E-state index >= 15 is 0 Å². The second kappa shape index (κ2) is 8.67. The highest BCUT2D eigenvalue weighted by atomic mass is 127. The fraction of sp³-hybridized carbons (Fsp3) is 0.200. The van der Waals surface area contributed by atoms with E-state index in [-0.39, 0.29) is 5.91 Å². The van der Waals surface area contributed by atoms with Crippen molar-refractivity contribution in [3.05, 3.63) is 84.6 Å². The van der Waals surface area contributed by atoms with Crippen molar-refractivity contribution in [1.29, 1.82) is 0 Å². The number of thioether (sulfide) groups is 1. The molecule has 1 N–H and O–H groups in total. The van der Waals surface area contributed by atoms with Crippen molar-refractivity contribution >= 4 is 57.2 Å². The van der Waals surface area contributed by atoms with Crippen LogP contribution >= 0.6 is 34.4 Å². The number of benzene rings is 2. The molecule has 0 unspecified atom stereocenters. The van der Waals surface area contributed by atoms with Gasteiger partial charge >= 0.3 is 0 Å².